The molecule has 1 amide bonds. The highest BCUT2D eigenvalue weighted by Gasteiger charge is 2.32. The third-order valence-electron chi connectivity index (χ3n) is 3.42. The topological polar surface area (TPSA) is 59.2 Å². The maximum absolute atomic E-state index is 12.6. The first kappa shape index (κ1) is 13.8. The number of amides is 1. The number of nitrogens with zero attached hydrogens (tertiary/aromatic N) is 2. The normalized spacial score (nSPS) is 14.7. The van der Waals surface area contributed by atoms with E-state index in [0.717, 1.165) is 31.5 Å². The standard InChI is InChI=1S/C15H23N3O/c1-4-7-18(12-5-6-12)15(19)11-8-13(10(2)3)17-14(16)9-11/h8-10,12H,4-7H2,1-3H3,(H2,16,17). The number of carbonyl (C=O) groups is 1. The van der Waals surface area contributed by atoms with Gasteiger partial charge >= 0.3 is 0 Å². The molecule has 1 aromatic heterocycles. The summed E-state index contributed by atoms with van der Waals surface area (Å²) in [5, 5.41) is 0. The zero-order valence-corrected chi connectivity index (χ0v) is 12.0. The average Bonchev–Trinajstić information content (AvgIpc) is 3.18. The Hall–Kier alpha value is -1.58. The van der Waals surface area contributed by atoms with Gasteiger partial charge in [-0.3, -0.25) is 4.79 Å². The summed E-state index contributed by atoms with van der Waals surface area (Å²) in [5.74, 6) is 0.803. The van der Waals surface area contributed by atoms with Crippen LogP contribution in [0.15, 0.2) is 12.1 Å². The van der Waals surface area contributed by atoms with Crippen LogP contribution in [0.3, 0.4) is 0 Å². The monoisotopic (exact) mass is 261 g/mol. The second-order valence-corrected chi connectivity index (χ2v) is 5.59. The molecule has 1 heterocycles. The lowest BCUT2D eigenvalue weighted by Gasteiger charge is -2.22. The zero-order valence-electron chi connectivity index (χ0n) is 12.0. The van der Waals surface area contributed by atoms with E-state index in [2.05, 4.69) is 25.8 Å². The van der Waals surface area contributed by atoms with Crippen LogP contribution < -0.4 is 5.73 Å². The number of hydrogen-bond donors (Lipinski definition) is 1. The van der Waals surface area contributed by atoms with Crippen molar-refractivity contribution in [2.75, 3.05) is 12.3 Å². The van der Waals surface area contributed by atoms with E-state index >= 15 is 0 Å². The van der Waals surface area contributed by atoms with Gasteiger partial charge in [-0.2, -0.15) is 0 Å². The summed E-state index contributed by atoms with van der Waals surface area (Å²) in [7, 11) is 0. The Kier molecular flexibility index (Phi) is 4.08. The maximum Gasteiger partial charge on any atom is 0.254 e. The van der Waals surface area contributed by atoms with Gasteiger partial charge < -0.3 is 10.6 Å². The van der Waals surface area contributed by atoms with Crippen molar-refractivity contribution in [3.8, 4) is 0 Å². The van der Waals surface area contributed by atoms with Gasteiger partial charge in [-0.1, -0.05) is 20.8 Å². The molecule has 0 aliphatic heterocycles. The van der Waals surface area contributed by atoms with E-state index in [0.29, 0.717) is 17.4 Å². The number of aromatic nitrogens is 1. The van der Waals surface area contributed by atoms with Crippen molar-refractivity contribution in [2.45, 2.75) is 52.0 Å². The number of pyridine rings is 1. The molecule has 1 saturated carbocycles. The van der Waals surface area contributed by atoms with Gasteiger partial charge in [0.1, 0.15) is 5.82 Å². The Bertz CT molecular complexity index is 466. The highest BCUT2D eigenvalue weighted by molar-refractivity contribution is 5.95. The number of nitrogens with two attached hydrogens (primary N) is 1. The summed E-state index contributed by atoms with van der Waals surface area (Å²) in [6, 6.07) is 4.01. The molecule has 1 fully saturated rings. The van der Waals surface area contributed by atoms with Crippen LogP contribution in [-0.4, -0.2) is 28.4 Å². The lowest BCUT2D eigenvalue weighted by molar-refractivity contribution is 0.0743. The van der Waals surface area contributed by atoms with Crippen LogP contribution in [0.4, 0.5) is 5.82 Å². The lowest BCUT2D eigenvalue weighted by Crippen LogP contribution is -2.34. The van der Waals surface area contributed by atoms with E-state index in [1.54, 1.807) is 6.07 Å². The molecule has 1 aliphatic carbocycles. The molecule has 2 N–H and O–H groups in total. The molecule has 4 nitrogen and oxygen atoms in total. The molecule has 2 rings (SSSR count). The Morgan fingerprint density at radius 1 is 1.47 bits per heavy atom. The smallest absolute Gasteiger partial charge is 0.254 e. The Labute approximate surface area is 115 Å². The lowest BCUT2D eigenvalue weighted by atomic mass is 10.1. The minimum absolute atomic E-state index is 0.0975. The van der Waals surface area contributed by atoms with Gasteiger partial charge in [-0.25, -0.2) is 4.98 Å². The van der Waals surface area contributed by atoms with Crippen LogP contribution in [0, 0.1) is 0 Å². The van der Waals surface area contributed by atoms with Crippen LogP contribution in [0.1, 0.15) is 62.0 Å². The Morgan fingerprint density at radius 3 is 2.68 bits per heavy atom. The Morgan fingerprint density at radius 2 is 2.16 bits per heavy atom. The summed E-state index contributed by atoms with van der Waals surface area (Å²) in [6.07, 6.45) is 3.24. The molecule has 0 bridgehead atoms. The molecule has 0 radical (unpaired) electrons. The summed E-state index contributed by atoms with van der Waals surface area (Å²) in [4.78, 5) is 18.9. The molecule has 0 unspecified atom stereocenters. The number of rotatable bonds is 5. The molecule has 19 heavy (non-hydrogen) atoms. The van der Waals surface area contributed by atoms with Gasteiger partial charge in [0.25, 0.3) is 5.91 Å². The predicted molar refractivity (Wildman–Crippen MR) is 77.1 cm³/mol. The number of carbonyl (C=O) groups excluding carboxylic acids is 1. The fourth-order valence-electron chi connectivity index (χ4n) is 2.24. The van der Waals surface area contributed by atoms with Crippen molar-refractivity contribution in [3.05, 3.63) is 23.4 Å². The van der Waals surface area contributed by atoms with Crippen LogP contribution in [-0.2, 0) is 0 Å². The number of hydrogen-bond acceptors (Lipinski definition) is 3. The van der Waals surface area contributed by atoms with Crippen molar-refractivity contribution >= 4 is 11.7 Å². The van der Waals surface area contributed by atoms with Crippen LogP contribution >= 0.6 is 0 Å². The fourth-order valence-corrected chi connectivity index (χ4v) is 2.24. The molecule has 0 atom stereocenters. The van der Waals surface area contributed by atoms with E-state index < -0.39 is 0 Å². The summed E-state index contributed by atoms with van der Waals surface area (Å²) < 4.78 is 0. The second-order valence-electron chi connectivity index (χ2n) is 5.59. The van der Waals surface area contributed by atoms with Crippen LogP contribution in [0.2, 0.25) is 0 Å². The molecule has 1 aromatic rings. The van der Waals surface area contributed by atoms with Crippen LogP contribution in [0.25, 0.3) is 0 Å². The predicted octanol–water partition coefficient (Wildman–Crippen LogP) is 2.80. The quantitative estimate of drug-likeness (QED) is 0.886. The van der Waals surface area contributed by atoms with Gasteiger partial charge in [0.15, 0.2) is 0 Å². The van der Waals surface area contributed by atoms with Gasteiger partial charge in [0.2, 0.25) is 0 Å². The second kappa shape index (κ2) is 5.59. The van der Waals surface area contributed by atoms with Crippen molar-refractivity contribution in [2.24, 2.45) is 0 Å². The minimum atomic E-state index is 0.0975. The Balaban J connectivity index is 2.26. The first-order valence-corrected chi connectivity index (χ1v) is 7.11. The average molecular weight is 261 g/mol. The highest BCUT2D eigenvalue weighted by atomic mass is 16.2. The highest BCUT2D eigenvalue weighted by Crippen LogP contribution is 2.29. The van der Waals surface area contributed by atoms with Gasteiger partial charge in [0, 0.05) is 23.8 Å². The van der Waals surface area contributed by atoms with Crippen molar-refractivity contribution in [1.82, 2.24) is 9.88 Å². The van der Waals surface area contributed by atoms with E-state index in [1.165, 1.54) is 0 Å². The molecular formula is C15H23N3O. The largest absolute Gasteiger partial charge is 0.384 e. The van der Waals surface area contributed by atoms with Crippen molar-refractivity contribution in [3.63, 3.8) is 0 Å². The third-order valence-corrected chi connectivity index (χ3v) is 3.42. The van der Waals surface area contributed by atoms with Gasteiger partial charge in [-0.05, 0) is 37.3 Å². The first-order valence-electron chi connectivity index (χ1n) is 7.11. The summed E-state index contributed by atoms with van der Waals surface area (Å²) in [5.41, 5.74) is 7.38. The summed E-state index contributed by atoms with van der Waals surface area (Å²) in [6.45, 7) is 7.04. The molecule has 104 valence electrons. The van der Waals surface area contributed by atoms with E-state index in [9.17, 15) is 4.79 Å². The maximum atomic E-state index is 12.6. The molecule has 4 heteroatoms. The molecule has 0 saturated heterocycles. The molecular weight excluding hydrogens is 238 g/mol. The summed E-state index contributed by atoms with van der Waals surface area (Å²) >= 11 is 0. The molecule has 0 aromatic carbocycles. The fraction of sp³-hybridized carbons (Fsp3) is 0.600. The van der Waals surface area contributed by atoms with Crippen LogP contribution in [0.5, 0.6) is 0 Å². The van der Waals surface area contributed by atoms with Crippen molar-refractivity contribution in [1.29, 1.82) is 0 Å². The van der Waals surface area contributed by atoms with Gasteiger partial charge in [-0.15, -0.1) is 0 Å². The van der Waals surface area contributed by atoms with E-state index in [4.69, 9.17) is 5.73 Å². The van der Waals surface area contributed by atoms with Gasteiger partial charge in [0.05, 0.1) is 0 Å². The van der Waals surface area contributed by atoms with Crippen molar-refractivity contribution < 1.29 is 4.79 Å². The third kappa shape index (κ3) is 3.25. The number of anilines is 1. The van der Waals surface area contributed by atoms with E-state index in [-0.39, 0.29) is 11.8 Å². The first-order chi connectivity index (χ1) is 9.02. The minimum Gasteiger partial charge on any atom is -0.384 e. The zero-order chi connectivity index (χ0) is 14.0. The molecule has 0 spiro atoms. The van der Waals surface area contributed by atoms with E-state index in [1.807, 2.05) is 11.0 Å². The SMILES string of the molecule is CCCN(C(=O)c1cc(N)nc(C(C)C)c1)C1CC1. The molecule has 1 aliphatic rings. The number of nitrogen functional groups attached to an aromatic ring is 1.